The summed E-state index contributed by atoms with van der Waals surface area (Å²) in [4.78, 5) is 12.3. The normalized spacial score (nSPS) is 11.9. The van der Waals surface area contributed by atoms with Crippen LogP contribution in [0.3, 0.4) is 0 Å². The number of aromatic nitrogens is 3. The fraction of sp³-hybridized carbons (Fsp3) is 0.308. The summed E-state index contributed by atoms with van der Waals surface area (Å²) in [6, 6.07) is 4.77. The zero-order valence-corrected chi connectivity index (χ0v) is 11.6. The average Bonchev–Trinajstić information content (AvgIpc) is 2.84. The van der Waals surface area contributed by atoms with Gasteiger partial charge in [0.05, 0.1) is 24.4 Å². The van der Waals surface area contributed by atoms with Crippen LogP contribution in [-0.4, -0.2) is 27.8 Å². The van der Waals surface area contributed by atoms with E-state index in [1.807, 2.05) is 14.0 Å². The molecule has 0 aliphatic carbocycles. The van der Waals surface area contributed by atoms with E-state index in [4.69, 9.17) is 10.5 Å². The fourth-order valence-electron chi connectivity index (χ4n) is 1.98. The van der Waals surface area contributed by atoms with Crippen molar-refractivity contribution >= 4 is 11.6 Å². The molecule has 0 radical (unpaired) electrons. The number of nitrogens with one attached hydrogen (secondary N) is 1. The predicted molar refractivity (Wildman–Crippen MR) is 74.3 cm³/mol. The number of amides is 1. The summed E-state index contributed by atoms with van der Waals surface area (Å²) in [6.07, 6.45) is 1.58. The molecule has 0 bridgehead atoms. The molecule has 1 atom stereocenters. The van der Waals surface area contributed by atoms with Crippen molar-refractivity contribution in [3.05, 3.63) is 35.9 Å². The lowest BCUT2D eigenvalue weighted by atomic mass is 10.1. The maximum absolute atomic E-state index is 12.3. The van der Waals surface area contributed by atoms with Crippen LogP contribution in [0.2, 0.25) is 0 Å². The number of benzene rings is 1. The quantitative estimate of drug-likeness (QED) is 0.808. The Kier molecular flexibility index (Phi) is 3.88. The van der Waals surface area contributed by atoms with Gasteiger partial charge in [-0.2, -0.15) is 0 Å². The van der Waals surface area contributed by atoms with Crippen molar-refractivity contribution in [2.45, 2.75) is 13.0 Å². The third-order valence-corrected chi connectivity index (χ3v) is 2.98. The first kappa shape index (κ1) is 13.9. The van der Waals surface area contributed by atoms with Crippen LogP contribution in [-0.2, 0) is 7.05 Å². The number of anilines is 1. The predicted octanol–water partition coefficient (Wildman–Crippen LogP) is 0.897. The van der Waals surface area contributed by atoms with Crippen LogP contribution in [0.25, 0.3) is 0 Å². The molecule has 1 heterocycles. The van der Waals surface area contributed by atoms with Gasteiger partial charge in [-0.05, 0) is 19.1 Å². The van der Waals surface area contributed by atoms with Gasteiger partial charge < -0.3 is 20.4 Å². The minimum atomic E-state index is -0.277. The molecule has 7 nitrogen and oxygen atoms in total. The molecule has 1 aromatic heterocycles. The highest BCUT2D eigenvalue weighted by Crippen LogP contribution is 2.26. The van der Waals surface area contributed by atoms with Crippen molar-refractivity contribution in [1.82, 2.24) is 20.1 Å². The molecule has 0 aliphatic rings. The molecule has 20 heavy (non-hydrogen) atoms. The van der Waals surface area contributed by atoms with Gasteiger partial charge in [0.2, 0.25) is 0 Å². The number of hydrogen-bond donors (Lipinski definition) is 2. The van der Waals surface area contributed by atoms with Crippen molar-refractivity contribution in [3.63, 3.8) is 0 Å². The van der Waals surface area contributed by atoms with E-state index in [1.54, 1.807) is 29.1 Å². The molecule has 1 aromatic carbocycles. The van der Waals surface area contributed by atoms with Gasteiger partial charge in [0, 0.05) is 7.05 Å². The summed E-state index contributed by atoms with van der Waals surface area (Å²) in [7, 11) is 3.30. The zero-order valence-electron chi connectivity index (χ0n) is 11.6. The van der Waals surface area contributed by atoms with Gasteiger partial charge in [-0.15, -0.1) is 10.2 Å². The monoisotopic (exact) mass is 275 g/mol. The first-order valence-electron chi connectivity index (χ1n) is 6.11. The molecule has 1 amide bonds. The van der Waals surface area contributed by atoms with E-state index in [0.29, 0.717) is 22.8 Å². The minimum absolute atomic E-state index is 0.273. The maximum atomic E-state index is 12.3. The number of methoxy groups -OCH3 is 1. The standard InChI is InChI=1S/C13H17N5O2/c1-8(12-17-15-7-18(12)2)16-13(19)9-5-4-6-10(14)11(9)20-3/h4-8H,14H2,1-3H3,(H,16,19). The number of carbonyl (C=O) groups is 1. The van der Waals surface area contributed by atoms with E-state index in [9.17, 15) is 4.79 Å². The molecular formula is C13H17N5O2. The molecule has 2 rings (SSSR count). The van der Waals surface area contributed by atoms with E-state index in [2.05, 4.69) is 15.5 Å². The van der Waals surface area contributed by atoms with E-state index in [-0.39, 0.29) is 11.9 Å². The minimum Gasteiger partial charge on any atom is -0.494 e. The summed E-state index contributed by atoms with van der Waals surface area (Å²) in [5.41, 5.74) is 6.60. The maximum Gasteiger partial charge on any atom is 0.255 e. The van der Waals surface area contributed by atoms with Crippen LogP contribution in [0.4, 0.5) is 5.69 Å². The van der Waals surface area contributed by atoms with Gasteiger partial charge in [-0.25, -0.2) is 0 Å². The lowest BCUT2D eigenvalue weighted by molar-refractivity contribution is 0.0935. The molecule has 0 saturated carbocycles. The summed E-state index contributed by atoms with van der Waals surface area (Å²) in [5, 5.41) is 10.6. The number of para-hydroxylation sites is 1. The molecule has 0 saturated heterocycles. The number of aryl methyl sites for hydroxylation is 1. The first-order valence-corrected chi connectivity index (χ1v) is 6.11. The zero-order chi connectivity index (χ0) is 14.7. The van der Waals surface area contributed by atoms with E-state index in [0.717, 1.165) is 0 Å². The largest absolute Gasteiger partial charge is 0.494 e. The SMILES string of the molecule is COc1c(N)cccc1C(=O)NC(C)c1nncn1C. The van der Waals surface area contributed by atoms with Gasteiger partial charge in [0.1, 0.15) is 6.33 Å². The van der Waals surface area contributed by atoms with Crippen LogP contribution in [0.15, 0.2) is 24.5 Å². The summed E-state index contributed by atoms with van der Waals surface area (Å²) < 4.78 is 6.93. The number of rotatable bonds is 4. The summed E-state index contributed by atoms with van der Waals surface area (Å²) in [5.74, 6) is 0.765. The Bertz CT molecular complexity index is 623. The topological polar surface area (TPSA) is 95.1 Å². The fourth-order valence-corrected chi connectivity index (χ4v) is 1.98. The lowest BCUT2D eigenvalue weighted by Gasteiger charge is -2.15. The average molecular weight is 275 g/mol. The van der Waals surface area contributed by atoms with Crippen molar-refractivity contribution < 1.29 is 9.53 Å². The lowest BCUT2D eigenvalue weighted by Crippen LogP contribution is -2.28. The van der Waals surface area contributed by atoms with Crippen LogP contribution in [0.5, 0.6) is 5.75 Å². The highest BCUT2D eigenvalue weighted by Gasteiger charge is 2.19. The van der Waals surface area contributed by atoms with Crippen molar-refractivity contribution in [2.75, 3.05) is 12.8 Å². The second-order valence-corrected chi connectivity index (χ2v) is 4.42. The highest BCUT2D eigenvalue weighted by atomic mass is 16.5. The molecule has 0 spiro atoms. The third-order valence-electron chi connectivity index (χ3n) is 2.98. The number of nitrogen functional groups attached to an aromatic ring is 1. The van der Waals surface area contributed by atoms with Gasteiger partial charge in [-0.3, -0.25) is 4.79 Å². The number of nitrogens with two attached hydrogens (primary N) is 1. The Hall–Kier alpha value is -2.57. The Morgan fingerprint density at radius 3 is 2.85 bits per heavy atom. The second kappa shape index (κ2) is 5.60. The van der Waals surface area contributed by atoms with Crippen LogP contribution in [0, 0.1) is 0 Å². The Morgan fingerprint density at radius 1 is 1.50 bits per heavy atom. The number of carbonyl (C=O) groups excluding carboxylic acids is 1. The second-order valence-electron chi connectivity index (χ2n) is 4.42. The van der Waals surface area contributed by atoms with Gasteiger partial charge >= 0.3 is 0 Å². The molecule has 106 valence electrons. The van der Waals surface area contributed by atoms with E-state index < -0.39 is 0 Å². The molecule has 0 fully saturated rings. The highest BCUT2D eigenvalue weighted by molar-refractivity contribution is 5.98. The molecule has 3 N–H and O–H groups in total. The molecule has 2 aromatic rings. The summed E-state index contributed by atoms with van der Waals surface area (Å²) >= 11 is 0. The van der Waals surface area contributed by atoms with Crippen molar-refractivity contribution in [2.24, 2.45) is 7.05 Å². The molecular weight excluding hydrogens is 258 g/mol. The van der Waals surface area contributed by atoms with Crippen LogP contribution in [0.1, 0.15) is 29.1 Å². The number of ether oxygens (including phenoxy) is 1. The molecule has 0 aliphatic heterocycles. The Balaban J connectivity index is 2.21. The number of hydrogen-bond acceptors (Lipinski definition) is 5. The van der Waals surface area contributed by atoms with Crippen molar-refractivity contribution in [1.29, 1.82) is 0 Å². The number of nitrogens with zero attached hydrogens (tertiary/aromatic N) is 3. The summed E-state index contributed by atoms with van der Waals surface area (Å²) in [6.45, 7) is 1.83. The Labute approximate surface area is 116 Å². The van der Waals surface area contributed by atoms with E-state index >= 15 is 0 Å². The Morgan fingerprint density at radius 2 is 2.25 bits per heavy atom. The third kappa shape index (κ3) is 2.56. The molecule has 7 heteroatoms. The van der Waals surface area contributed by atoms with Gasteiger partial charge in [0.15, 0.2) is 11.6 Å². The van der Waals surface area contributed by atoms with Crippen LogP contribution < -0.4 is 15.8 Å². The smallest absolute Gasteiger partial charge is 0.255 e. The van der Waals surface area contributed by atoms with Crippen molar-refractivity contribution in [3.8, 4) is 5.75 Å². The van der Waals surface area contributed by atoms with Crippen LogP contribution >= 0.6 is 0 Å². The van der Waals surface area contributed by atoms with Gasteiger partial charge in [0.25, 0.3) is 5.91 Å². The molecule has 1 unspecified atom stereocenters. The van der Waals surface area contributed by atoms with E-state index in [1.165, 1.54) is 7.11 Å². The van der Waals surface area contributed by atoms with Gasteiger partial charge in [-0.1, -0.05) is 6.07 Å². The first-order chi connectivity index (χ1) is 9.54.